The molecule has 2 aromatic rings. The molecule has 2 aliphatic heterocycles. The lowest BCUT2D eigenvalue weighted by molar-refractivity contribution is 0.277. The highest BCUT2D eigenvalue weighted by Crippen LogP contribution is 2.31. The SMILES string of the molecule is Cn1c(CN2CCCC2)nnc1[C@H]1CCCN(c2nc(CO)cs2)C1. The van der Waals surface area contributed by atoms with E-state index in [1.165, 1.54) is 25.9 Å². The molecular formula is C17H26N6OS. The maximum Gasteiger partial charge on any atom is 0.185 e. The van der Waals surface area contributed by atoms with Gasteiger partial charge in [-0.25, -0.2) is 4.98 Å². The van der Waals surface area contributed by atoms with Crippen LogP contribution in [0.1, 0.15) is 48.9 Å². The van der Waals surface area contributed by atoms with E-state index in [-0.39, 0.29) is 6.61 Å². The average Bonchev–Trinajstić information content (AvgIpc) is 3.38. The van der Waals surface area contributed by atoms with Gasteiger partial charge in [0.05, 0.1) is 18.8 Å². The maximum atomic E-state index is 9.24. The van der Waals surface area contributed by atoms with E-state index in [1.807, 2.05) is 5.38 Å². The van der Waals surface area contributed by atoms with Gasteiger partial charge in [-0.1, -0.05) is 0 Å². The molecule has 2 saturated heterocycles. The smallest absolute Gasteiger partial charge is 0.185 e. The van der Waals surface area contributed by atoms with Crippen LogP contribution in [0.15, 0.2) is 5.38 Å². The predicted octanol–water partition coefficient (Wildman–Crippen LogP) is 1.74. The summed E-state index contributed by atoms with van der Waals surface area (Å²) < 4.78 is 2.20. The van der Waals surface area contributed by atoms with Gasteiger partial charge in [-0.15, -0.1) is 21.5 Å². The van der Waals surface area contributed by atoms with Gasteiger partial charge in [0.15, 0.2) is 5.13 Å². The molecule has 0 aromatic carbocycles. The van der Waals surface area contributed by atoms with Crippen LogP contribution in [0.25, 0.3) is 0 Å². The van der Waals surface area contributed by atoms with E-state index < -0.39 is 0 Å². The van der Waals surface area contributed by atoms with Crippen LogP contribution in [-0.2, 0) is 20.2 Å². The Labute approximate surface area is 152 Å². The lowest BCUT2D eigenvalue weighted by Gasteiger charge is -2.32. The number of aromatic nitrogens is 4. The van der Waals surface area contributed by atoms with Crippen LogP contribution in [-0.4, -0.2) is 55.9 Å². The minimum Gasteiger partial charge on any atom is -0.390 e. The van der Waals surface area contributed by atoms with E-state index in [9.17, 15) is 5.11 Å². The molecule has 1 N–H and O–H groups in total. The van der Waals surface area contributed by atoms with Crippen LogP contribution in [0.4, 0.5) is 5.13 Å². The van der Waals surface area contributed by atoms with Crippen molar-refractivity contribution in [1.82, 2.24) is 24.6 Å². The summed E-state index contributed by atoms with van der Waals surface area (Å²) in [6.45, 7) is 5.22. The van der Waals surface area contributed by atoms with E-state index in [1.54, 1.807) is 11.3 Å². The highest BCUT2D eigenvalue weighted by Gasteiger charge is 2.27. The number of aliphatic hydroxyl groups excluding tert-OH is 1. The summed E-state index contributed by atoms with van der Waals surface area (Å²) in [5.41, 5.74) is 0.758. The van der Waals surface area contributed by atoms with Gasteiger partial charge in [0.25, 0.3) is 0 Å². The zero-order chi connectivity index (χ0) is 17.2. The van der Waals surface area contributed by atoms with Crippen LogP contribution in [0.5, 0.6) is 0 Å². The van der Waals surface area contributed by atoms with Crippen LogP contribution in [0, 0.1) is 0 Å². The number of piperidine rings is 1. The first kappa shape index (κ1) is 16.9. The molecule has 0 saturated carbocycles. The van der Waals surface area contributed by atoms with E-state index in [0.717, 1.165) is 55.0 Å². The number of thiazole rings is 1. The van der Waals surface area contributed by atoms with Gasteiger partial charge in [-0.2, -0.15) is 0 Å². The molecule has 0 amide bonds. The fourth-order valence-electron chi connectivity index (χ4n) is 3.89. The number of hydrogen-bond acceptors (Lipinski definition) is 7. The molecule has 2 fully saturated rings. The third kappa shape index (κ3) is 3.56. The summed E-state index contributed by atoms with van der Waals surface area (Å²) in [6, 6.07) is 0. The minimum absolute atomic E-state index is 0.0108. The van der Waals surface area contributed by atoms with E-state index >= 15 is 0 Å². The van der Waals surface area contributed by atoms with Gasteiger partial charge < -0.3 is 14.6 Å². The minimum atomic E-state index is 0.0108. The quantitative estimate of drug-likeness (QED) is 0.874. The Kier molecular flexibility index (Phi) is 5.00. The van der Waals surface area contributed by atoms with Gasteiger partial charge in [-0.3, -0.25) is 4.90 Å². The Morgan fingerprint density at radius 2 is 2.04 bits per heavy atom. The Balaban J connectivity index is 1.46. The fraction of sp³-hybridized carbons (Fsp3) is 0.706. The van der Waals surface area contributed by atoms with Crippen molar-refractivity contribution in [3.05, 3.63) is 22.7 Å². The second-order valence-corrected chi connectivity index (χ2v) is 7.92. The number of aliphatic hydroxyl groups is 1. The van der Waals surface area contributed by atoms with Gasteiger partial charge in [-0.05, 0) is 38.8 Å². The van der Waals surface area contributed by atoms with Crippen LogP contribution in [0.3, 0.4) is 0 Å². The topological polar surface area (TPSA) is 70.3 Å². The standard InChI is InChI=1S/C17H26N6OS/c1-21-15(10-22-6-2-3-7-22)19-20-16(21)13-5-4-8-23(9-13)17-18-14(11-24)12-25-17/h12-13,24H,2-11H2,1H3/t13-/m0/s1. The molecule has 4 rings (SSSR count). The van der Waals surface area contributed by atoms with Gasteiger partial charge >= 0.3 is 0 Å². The first-order valence-electron chi connectivity index (χ1n) is 9.15. The van der Waals surface area contributed by atoms with Crippen LogP contribution < -0.4 is 4.90 Å². The molecule has 0 spiro atoms. The van der Waals surface area contributed by atoms with Crippen molar-refractivity contribution in [3.63, 3.8) is 0 Å². The lowest BCUT2D eigenvalue weighted by Crippen LogP contribution is -2.35. The Hall–Kier alpha value is -1.51. The molecule has 136 valence electrons. The monoisotopic (exact) mass is 362 g/mol. The van der Waals surface area contributed by atoms with Crippen molar-refractivity contribution in [3.8, 4) is 0 Å². The summed E-state index contributed by atoms with van der Waals surface area (Å²) in [5, 5.41) is 21.2. The average molecular weight is 363 g/mol. The Morgan fingerprint density at radius 1 is 1.20 bits per heavy atom. The number of anilines is 1. The van der Waals surface area contributed by atoms with Crippen molar-refractivity contribution in [2.45, 2.75) is 44.8 Å². The number of rotatable bonds is 5. The van der Waals surface area contributed by atoms with E-state index in [4.69, 9.17) is 0 Å². The second-order valence-electron chi connectivity index (χ2n) is 7.08. The second kappa shape index (κ2) is 7.39. The molecule has 25 heavy (non-hydrogen) atoms. The fourth-order valence-corrected chi connectivity index (χ4v) is 4.74. The molecule has 8 heteroatoms. The predicted molar refractivity (Wildman–Crippen MR) is 97.7 cm³/mol. The molecule has 0 aliphatic carbocycles. The third-order valence-electron chi connectivity index (χ3n) is 5.32. The van der Waals surface area contributed by atoms with Gasteiger partial charge in [0.1, 0.15) is 11.6 Å². The normalized spacial score (nSPS) is 22.0. The first-order chi connectivity index (χ1) is 12.2. The van der Waals surface area contributed by atoms with Crippen molar-refractivity contribution < 1.29 is 5.11 Å². The van der Waals surface area contributed by atoms with Crippen molar-refractivity contribution in [2.75, 3.05) is 31.1 Å². The summed E-state index contributed by atoms with van der Waals surface area (Å²) in [5.74, 6) is 2.56. The van der Waals surface area contributed by atoms with Gasteiger partial charge in [0.2, 0.25) is 0 Å². The van der Waals surface area contributed by atoms with Crippen LogP contribution >= 0.6 is 11.3 Å². The molecule has 0 radical (unpaired) electrons. The number of likely N-dealkylation sites (tertiary alicyclic amines) is 1. The third-order valence-corrected chi connectivity index (χ3v) is 6.27. The molecule has 1 atom stereocenters. The van der Waals surface area contributed by atoms with Crippen molar-refractivity contribution in [1.29, 1.82) is 0 Å². The zero-order valence-electron chi connectivity index (χ0n) is 14.8. The molecule has 2 aliphatic rings. The maximum absolute atomic E-state index is 9.24. The van der Waals surface area contributed by atoms with Crippen molar-refractivity contribution in [2.24, 2.45) is 7.05 Å². The lowest BCUT2D eigenvalue weighted by atomic mass is 9.97. The van der Waals surface area contributed by atoms with E-state index in [2.05, 4.69) is 36.6 Å². The van der Waals surface area contributed by atoms with Crippen LogP contribution in [0.2, 0.25) is 0 Å². The molecular weight excluding hydrogens is 336 g/mol. The van der Waals surface area contributed by atoms with Crippen molar-refractivity contribution >= 4 is 16.5 Å². The molecule has 2 aromatic heterocycles. The zero-order valence-corrected chi connectivity index (χ0v) is 15.6. The van der Waals surface area contributed by atoms with Gasteiger partial charge in [0, 0.05) is 31.4 Å². The highest BCUT2D eigenvalue weighted by molar-refractivity contribution is 7.13. The summed E-state index contributed by atoms with van der Waals surface area (Å²) in [7, 11) is 2.10. The Bertz CT molecular complexity index is 708. The Morgan fingerprint density at radius 3 is 2.80 bits per heavy atom. The molecule has 0 unspecified atom stereocenters. The summed E-state index contributed by atoms with van der Waals surface area (Å²) in [6.07, 6.45) is 4.87. The number of hydrogen-bond donors (Lipinski definition) is 1. The largest absolute Gasteiger partial charge is 0.390 e. The summed E-state index contributed by atoms with van der Waals surface area (Å²) in [4.78, 5) is 9.31. The molecule has 7 nitrogen and oxygen atoms in total. The first-order valence-corrected chi connectivity index (χ1v) is 10.0. The molecule has 4 heterocycles. The number of nitrogens with zero attached hydrogens (tertiary/aromatic N) is 6. The highest BCUT2D eigenvalue weighted by atomic mass is 32.1. The molecule has 0 bridgehead atoms. The summed E-state index contributed by atoms with van der Waals surface area (Å²) >= 11 is 1.61. The van der Waals surface area contributed by atoms with E-state index in [0.29, 0.717) is 5.92 Å².